The number of aliphatic carboxylic acids is 1. The lowest BCUT2D eigenvalue weighted by Gasteiger charge is -2.48. The lowest BCUT2D eigenvalue weighted by atomic mass is 9.94. The molecule has 0 aromatic heterocycles. The maximum atomic E-state index is 15.5. The van der Waals surface area contributed by atoms with Crippen molar-refractivity contribution in [2.45, 2.75) is 247 Å². The van der Waals surface area contributed by atoms with Crippen LogP contribution in [0.4, 0.5) is 0 Å². The van der Waals surface area contributed by atoms with E-state index in [0.717, 1.165) is 51.3 Å². The number of hydrogen-bond acceptors (Lipinski definition) is 27. The Morgan fingerprint density at radius 3 is 1.36 bits per heavy atom. The number of ether oxygens (including phenoxy) is 4. The average molecular weight is 1380 g/mol. The summed E-state index contributed by atoms with van der Waals surface area (Å²) in [6.45, 7) is 8.54. The molecular weight excluding hydrogens is 1280 g/mol. The first kappa shape index (κ1) is 81.5. The number of nitrogens with zero attached hydrogens (tertiary/aromatic N) is 2. The van der Waals surface area contributed by atoms with Crippen LogP contribution >= 0.6 is 0 Å². The molecule has 0 spiro atoms. The lowest BCUT2D eigenvalue weighted by Crippen LogP contribution is -2.70. The summed E-state index contributed by atoms with van der Waals surface area (Å²) in [6, 6.07) is -19.0. The Bertz CT molecular complexity index is 2730. The molecule has 96 heavy (non-hydrogen) atoms. The SMILES string of the molecule is CC(=O)N[C@H]1[C@H](O[C@H]2[C@@H](O)[C@@H](CO)O[C@H](O[C@H](C)[C@@H](NC(=O)[C@@H](NC(=O)[C@@H](NC(=O)[C@@H](NC(=O)[C@@H](N)[C@@H](C)O)[C@@H](C)O)[C@@H](C)O)C(C)C)C(=O)N3CCC[C@H]3C(=O)N[C@H](C(=O)N3CCC[C@H]3C(=O)N[C@H](C(=O)NCC(=O)O)[C@@H](C)O)[C@@H](C)O)[C@@H]2NC(C)=O)O[C@H](CO)[C@@H](O)[C@@H]1O. The lowest BCUT2D eigenvalue weighted by molar-refractivity contribution is -0.332. The van der Waals surface area contributed by atoms with Gasteiger partial charge in [0.25, 0.3) is 0 Å². The zero-order valence-corrected chi connectivity index (χ0v) is 54.8. The normalized spacial score (nSPS) is 28.4. The highest BCUT2D eigenvalue weighted by Crippen LogP contribution is 2.32. The molecule has 0 saturated carbocycles. The predicted octanol–water partition coefficient (Wildman–Crippen LogP) is -11.7. The molecule has 0 aromatic rings. The van der Waals surface area contributed by atoms with Gasteiger partial charge >= 0.3 is 5.97 Å². The molecule has 4 aliphatic heterocycles. The number of carbonyl (C=O) groups is 12. The topological polar surface area (TPSA) is 605 Å². The average Bonchev–Trinajstić information content (AvgIpc) is 0.794. The van der Waals surface area contributed by atoms with Crippen molar-refractivity contribution in [3.63, 3.8) is 0 Å². The van der Waals surface area contributed by atoms with Gasteiger partial charge in [-0.3, -0.25) is 57.5 Å². The molecule has 39 heteroatoms. The van der Waals surface area contributed by atoms with Gasteiger partial charge in [0.05, 0.1) is 49.8 Å². The molecule has 0 radical (unpaired) electrons. The number of carboxylic acids is 1. The number of nitrogens with two attached hydrogens (primary N) is 1. The largest absolute Gasteiger partial charge is 0.480 e. The summed E-state index contributed by atoms with van der Waals surface area (Å²) in [6.07, 6.45) is -24.4. The highest BCUT2D eigenvalue weighted by molar-refractivity contribution is 5.99. The molecule has 25 atom stereocenters. The molecule has 0 aliphatic carbocycles. The van der Waals surface area contributed by atoms with Gasteiger partial charge in [0.15, 0.2) is 12.6 Å². The van der Waals surface area contributed by atoms with E-state index in [1.165, 1.54) is 27.7 Å². The molecule has 0 aromatic carbocycles. The zero-order valence-electron chi connectivity index (χ0n) is 54.8. The molecular formula is C57H96N12O27. The fourth-order valence-electron chi connectivity index (χ4n) is 11.2. The smallest absolute Gasteiger partial charge is 0.322 e. The summed E-state index contributed by atoms with van der Waals surface area (Å²) in [7, 11) is 0. The minimum absolute atomic E-state index is 0.00729. The molecule has 4 saturated heterocycles. The summed E-state index contributed by atoms with van der Waals surface area (Å²) in [4.78, 5) is 165. The first-order valence-electron chi connectivity index (χ1n) is 31.3. The van der Waals surface area contributed by atoms with E-state index < -0.39 is 249 Å². The molecule has 11 amide bonds. The first-order valence-corrected chi connectivity index (χ1v) is 31.3. The third-order valence-electron chi connectivity index (χ3n) is 16.5. The van der Waals surface area contributed by atoms with Crippen LogP contribution in [0.2, 0.25) is 0 Å². The number of rotatable bonds is 32. The zero-order chi connectivity index (χ0) is 72.7. The third kappa shape index (κ3) is 21.3. The number of amides is 11. The monoisotopic (exact) mass is 1380 g/mol. The van der Waals surface area contributed by atoms with E-state index in [4.69, 9.17) is 29.8 Å². The van der Waals surface area contributed by atoms with Gasteiger partial charge in [0.2, 0.25) is 65.0 Å². The van der Waals surface area contributed by atoms with Gasteiger partial charge in [-0.05, 0) is 73.1 Å². The van der Waals surface area contributed by atoms with E-state index in [2.05, 4.69) is 42.5 Å². The standard InChI is InChI=1S/C57H96N12O27/c1-20(2)35(62-52(89)38(24(6)75)65-53(90)37(23(5)74)64-49(86)34(58)21(3)72)51(88)67-40(26(8)93-57-42(61-28(10)78)46(44(82)32(19-71)95-57)96-56-41(60-27(9)77)45(83)43(81)31(18-70)94-56)55(92)69-16-12-14-30(69)48(85)66-39(25(7)76)54(91)68-15-11-13-29(68)47(84)63-36(22(4)73)50(87)59-17-33(79)80/h20-26,29-32,34-46,56-57,70-76,81-83H,11-19,58H2,1-10H3,(H,59,87)(H,60,77)(H,61,78)(H,62,89)(H,63,84)(H,64,86)(H,65,90)(H,66,85)(H,67,88)(H,79,80)/t21-,22-,23-,24-,25-,26-,29+,30+,31-,32-,34+,35+,36+,37+,38+,39+,40-,41-,42-,43-,44+,45-,46-,56+,57+/m1/s1. The summed E-state index contributed by atoms with van der Waals surface area (Å²) in [5.74, 6) is -14.0. The van der Waals surface area contributed by atoms with Gasteiger partial charge in [-0.25, -0.2) is 0 Å². The van der Waals surface area contributed by atoms with Crippen molar-refractivity contribution < 1.29 is 133 Å². The molecule has 0 bridgehead atoms. The second kappa shape index (κ2) is 36.6. The molecule has 4 heterocycles. The minimum Gasteiger partial charge on any atom is -0.480 e. The Hall–Kier alpha value is -6.96. The second-order valence-corrected chi connectivity index (χ2v) is 24.7. The molecule has 4 fully saturated rings. The van der Waals surface area contributed by atoms with Crippen molar-refractivity contribution in [3.05, 3.63) is 0 Å². The third-order valence-corrected chi connectivity index (χ3v) is 16.5. The highest BCUT2D eigenvalue weighted by Gasteiger charge is 2.54. The number of aliphatic hydroxyl groups excluding tert-OH is 10. The molecule has 546 valence electrons. The quantitative estimate of drug-likeness (QED) is 0.0297. The summed E-state index contributed by atoms with van der Waals surface area (Å²) < 4.78 is 24.3. The van der Waals surface area contributed by atoms with Crippen LogP contribution in [0.1, 0.15) is 94.9 Å². The van der Waals surface area contributed by atoms with Gasteiger partial charge in [-0.1, -0.05) is 13.8 Å². The molecule has 0 unspecified atom stereocenters. The van der Waals surface area contributed by atoms with Gasteiger partial charge < -0.3 is 139 Å². The van der Waals surface area contributed by atoms with Gasteiger partial charge in [0, 0.05) is 26.9 Å². The molecule has 39 nitrogen and oxygen atoms in total. The summed E-state index contributed by atoms with van der Waals surface area (Å²) in [5.41, 5.74) is 5.70. The Kier molecular flexibility index (Phi) is 31.0. The van der Waals surface area contributed by atoms with Crippen LogP contribution in [0, 0.1) is 5.92 Å². The van der Waals surface area contributed by atoms with Crippen molar-refractivity contribution in [2.24, 2.45) is 11.7 Å². The summed E-state index contributed by atoms with van der Waals surface area (Å²) in [5, 5.41) is 137. The van der Waals surface area contributed by atoms with Gasteiger partial charge in [0.1, 0.15) is 110 Å². The number of likely N-dealkylation sites (tertiary alicyclic amines) is 2. The van der Waals surface area contributed by atoms with Crippen LogP contribution in [0.3, 0.4) is 0 Å². The van der Waals surface area contributed by atoms with E-state index in [1.807, 2.05) is 5.32 Å². The molecule has 22 N–H and O–H groups in total. The van der Waals surface area contributed by atoms with E-state index in [0.29, 0.717) is 0 Å². The number of aliphatic hydroxyl groups is 10. The predicted molar refractivity (Wildman–Crippen MR) is 323 cm³/mol. The van der Waals surface area contributed by atoms with Crippen molar-refractivity contribution in [2.75, 3.05) is 32.8 Å². The second-order valence-electron chi connectivity index (χ2n) is 24.7. The van der Waals surface area contributed by atoms with E-state index in [1.54, 1.807) is 0 Å². The fraction of sp³-hybridized carbons (Fsp3) is 0.789. The fourth-order valence-corrected chi connectivity index (χ4v) is 11.2. The maximum absolute atomic E-state index is 15.5. The molecule has 4 aliphatic rings. The van der Waals surface area contributed by atoms with Crippen molar-refractivity contribution >= 4 is 70.9 Å². The van der Waals surface area contributed by atoms with Crippen molar-refractivity contribution in [1.82, 2.24) is 57.7 Å². The van der Waals surface area contributed by atoms with Crippen LogP contribution in [-0.2, 0) is 76.5 Å². The van der Waals surface area contributed by atoms with E-state index >= 15 is 4.79 Å². The Morgan fingerprint density at radius 1 is 0.510 bits per heavy atom. The van der Waals surface area contributed by atoms with Crippen LogP contribution in [0.15, 0.2) is 0 Å². The minimum atomic E-state index is -2.05. The Balaban J connectivity index is 1.77. The van der Waals surface area contributed by atoms with Crippen LogP contribution < -0.4 is 53.6 Å². The van der Waals surface area contributed by atoms with Crippen molar-refractivity contribution in [3.8, 4) is 0 Å². The Labute approximate surface area is 551 Å². The van der Waals surface area contributed by atoms with E-state index in [-0.39, 0.29) is 38.8 Å². The van der Waals surface area contributed by atoms with Crippen molar-refractivity contribution in [1.29, 1.82) is 0 Å². The number of hydrogen-bond donors (Lipinski definition) is 21. The van der Waals surface area contributed by atoms with Crippen LogP contribution in [-0.4, -0.2) is 322 Å². The van der Waals surface area contributed by atoms with Crippen LogP contribution in [0.25, 0.3) is 0 Å². The summed E-state index contributed by atoms with van der Waals surface area (Å²) >= 11 is 0. The van der Waals surface area contributed by atoms with Gasteiger partial charge in [-0.15, -0.1) is 0 Å². The van der Waals surface area contributed by atoms with E-state index in [9.17, 15) is 104 Å². The van der Waals surface area contributed by atoms with Crippen LogP contribution in [0.5, 0.6) is 0 Å². The number of carboxylic acid groups (broad SMARTS) is 1. The first-order chi connectivity index (χ1) is 44.8. The number of nitrogens with one attached hydrogen (secondary N) is 9. The number of carbonyl (C=O) groups excluding carboxylic acids is 11. The highest BCUT2D eigenvalue weighted by atomic mass is 16.7. The maximum Gasteiger partial charge on any atom is 0.322 e. The molecule has 4 rings (SSSR count). The van der Waals surface area contributed by atoms with Gasteiger partial charge in [-0.2, -0.15) is 0 Å². The Morgan fingerprint density at radius 2 is 0.917 bits per heavy atom.